The molecule has 0 spiro atoms. The number of aromatic nitrogens is 1. The molecule has 7 nitrogen and oxygen atoms in total. The Morgan fingerprint density at radius 3 is 2.71 bits per heavy atom. The summed E-state index contributed by atoms with van der Waals surface area (Å²) in [4.78, 5) is 18.4. The highest BCUT2D eigenvalue weighted by molar-refractivity contribution is 6.15. The van der Waals surface area contributed by atoms with E-state index in [1.807, 2.05) is 0 Å². The molecule has 1 amide bonds. The molecule has 2 saturated carbocycles. The number of oxazole rings is 1. The molecular weight excluding hydrogens is 442 g/mol. The minimum Gasteiger partial charge on any atom is -0.438 e. The zero-order chi connectivity index (χ0) is 24.3. The van der Waals surface area contributed by atoms with E-state index in [0.29, 0.717) is 37.4 Å². The molecule has 0 radical (unpaired) electrons. The minimum atomic E-state index is -0.803. The van der Waals surface area contributed by atoms with Crippen LogP contribution in [0.5, 0.6) is 0 Å². The van der Waals surface area contributed by atoms with E-state index in [0.717, 1.165) is 18.6 Å². The normalized spacial score (nSPS) is 29.1. The number of carbonyl (C=O) groups excluding carboxylic acids is 1. The van der Waals surface area contributed by atoms with Crippen molar-refractivity contribution in [2.24, 2.45) is 16.7 Å². The number of halogens is 2. The number of ether oxygens (including phenoxy) is 1. The average Bonchev–Trinajstić information content (AvgIpc) is 3.46. The van der Waals surface area contributed by atoms with Gasteiger partial charge in [-0.2, -0.15) is 0 Å². The molecule has 2 bridgehead atoms. The monoisotopic (exact) mass is 468 g/mol. The zero-order valence-corrected chi connectivity index (χ0v) is 19.0. The number of nitrogens with one attached hydrogen (secondary N) is 2. The largest absolute Gasteiger partial charge is 0.438 e. The summed E-state index contributed by atoms with van der Waals surface area (Å²) in [6, 6.07) is 3.51. The van der Waals surface area contributed by atoms with Crippen molar-refractivity contribution in [3.63, 3.8) is 0 Å². The van der Waals surface area contributed by atoms with Crippen LogP contribution in [0.25, 0.3) is 0 Å². The van der Waals surface area contributed by atoms with Crippen molar-refractivity contribution < 1.29 is 22.7 Å². The smallest absolute Gasteiger partial charge is 0.291 e. The molecule has 2 aliphatic carbocycles. The number of amides is 1. The van der Waals surface area contributed by atoms with E-state index in [9.17, 15) is 13.6 Å². The molecule has 34 heavy (non-hydrogen) atoms. The first-order valence-corrected chi connectivity index (χ1v) is 11.3. The second-order valence-electron chi connectivity index (χ2n) is 9.75. The van der Waals surface area contributed by atoms with Crippen molar-refractivity contribution in [1.29, 1.82) is 10.8 Å². The van der Waals surface area contributed by atoms with Crippen molar-refractivity contribution in [2.75, 3.05) is 19.7 Å². The van der Waals surface area contributed by atoms with E-state index in [2.05, 4.69) is 18.8 Å². The van der Waals surface area contributed by atoms with Crippen LogP contribution < -0.4 is 0 Å². The topological polar surface area (TPSA) is 103 Å². The second-order valence-corrected chi connectivity index (χ2v) is 9.75. The Kier molecular flexibility index (Phi) is 5.27. The van der Waals surface area contributed by atoms with Gasteiger partial charge in [0.25, 0.3) is 5.91 Å². The van der Waals surface area contributed by atoms with Crippen LogP contribution in [0.1, 0.15) is 42.8 Å². The molecule has 1 saturated heterocycles. The highest BCUT2D eigenvalue weighted by atomic mass is 19.1. The molecular formula is C25H26F2N4O3. The molecule has 2 N–H and O–H groups in total. The first-order valence-electron chi connectivity index (χ1n) is 11.3. The van der Waals surface area contributed by atoms with Crippen LogP contribution >= 0.6 is 0 Å². The molecule has 3 atom stereocenters. The van der Waals surface area contributed by atoms with Crippen molar-refractivity contribution >= 4 is 17.3 Å². The van der Waals surface area contributed by atoms with Crippen LogP contribution in [0.3, 0.4) is 0 Å². The van der Waals surface area contributed by atoms with Crippen LogP contribution in [0, 0.1) is 39.2 Å². The van der Waals surface area contributed by atoms with Gasteiger partial charge in [-0.1, -0.05) is 19.9 Å². The Morgan fingerprint density at radius 2 is 2.03 bits per heavy atom. The van der Waals surface area contributed by atoms with Gasteiger partial charge in [0.05, 0.1) is 30.2 Å². The Morgan fingerprint density at radius 1 is 1.29 bits per heavy atom. The van der Waals surface area contributed by atoms with Crippen molar-refractivity contribution in [3.8, 4) is 0 Å². The number of hydrogen-bond acceptors (Lipinski definition) is 6. The van der Waals surface area contributed by atoms with Gasteiger partial charge in [0, 0.05) is 24.2 Å². The van der Waals surface area contributed by atoms with Gasteiger partial charge in [0.2, 0.25) is 5.76 Å². The van der Waals surface area contributed by atoms with Gasteiger partial charge in [-0.15, -0.1) is 0 Å². The summed E-state index contributed by atoms with van der Waals surface area (Å²) < 4.78 is 39.9. The fraction of sp³-hybridized carbons (Fsp3) is 0.440. The first kappa shape index (κ1) is 22.6. The van der Waals surface area contributed by atoms with E-state index in [1.54, 1.807) is 4.90 Å². The number of morpholine rings is 1. The number of fused-ring (bicyclic) bond motifs is 2. The van der Waals surface area contributed by atoms with Crippen molar-refractivity contribution in [3.05, 3.63) is 65.4 Å². The number of hydrogen-bond donors (Lipinski definition) is 2. The van der Waals surface area contributed by atoms with Crippen LogP contribution in [-0.2, 0) is 4.74 Å². The number of allylic oxidation sites excluding steroid dienone is 2. The van der Waals surface area contributed by atoms with Crippen LogP contribution in [-0.4, -0.2) is 53.0 Å². The van der Waals surface area contributed by atoms with Gasteiger partial charge < -0.3 is 24.9 Å². The third kappa shape index (κ3) is 3.10. The number of nitrogens with zero attached hydrogens (tertiary/aromatic N) is 2. The maximum Gasteiger partial charge on any atom is 0.291 e. The molecule has 1 aliphatic heterocycles. The predicted molar refractivity (Wildman–Crippen MR) is 120 cm³/mol. The molecule has 3 aliphatic rings. The highest BCUT2D eigenvalue weighted by Crippen LogP contribution is 2.68. The Labute approximate surface area is 195 Å². The average molecular weight is 469 g/mol. The summed E-state index contributed by atoms with van der Waals surface area (Å²) >= 11 is 0. The fourth-order valence-corrected chi connectivity index (χ4v) is 6.29. The van der Waals surface area contributed by atoms with E-state index in [1.165, 1.54) is 24.7 Å². The van der Waals surface area contributed by atoms with E-state index in [-0.39, 0.29) is 23.3 Å². The van der Waals surface area contributed by atoms with E-state index in [4.69, 9.17) is 20.0 Å². The van der Waals surface area contributed by atoms with E-state index < -0.39 is 34.1 Å². The Bertz CT molecular complexity index is 1190. The van der Waals surface area contributed by atoms with Gasteiger partial charge >= 0.3 is 0 Å². The van der Waals surface area contributed by atoms with Gasteiger partial charge in [-0.05, 0) is 48.0 Å². The van der Waals surface area contributed by atoms with Gasteiger partial charge in [-0.3, -0.25) is 4.79 Å². The lowest BCUT2D eigenvalue weighted by atomic mass is 9.64. The summed E-state index contributed by atoms with van der Waals surface area (Å²) in [7, 11) is 0. The zero-order valence-electron chi connectivity index (χ0n) is 19.0. The van der Waals surface area contributed by atoms with Gasteiger partial charge in [0.1, 0.15) is 11.6 Å². The summed E-state index contributed by atoms with van der Waals surface area (Å²) in [6.45, 7) is 5.19. The molecule has 2 aromatic rings. The second kappa shape index (κ2) is 7.94. The summed E-state index contributed by atoms with van der Waals surface area (Å²) in [5, 5.41) is 17.5. The summed E-state index contributed by atoms with van der Waals surface area (Å²) in [5.74, 6) is -1.78. The third-order valence-electron chi connectivity index (χ3n) is 8.04. The standard InChI is InChI=1S/C25H26F2N4O3/c1-24(2)15-6-7-25(24,20-12-31(8-9-33-20)23(32)19-11-30-13-34-19)22(29)14(15)10-18(28)21-16(26)4-3-5-17(21)27/h3-5,10-11,13,15,20,28-29H,6-9,12H2,1-2H3/b14-10-,28-18?,29-22?/t15-,20+,25-/m0/s1. The maximum absolute atomic E-state index is 14.3. The molecule has 3 fully saturated rings. The minimum absolute atomic E-state index is 0.0564. The highest BCUT2D eigenvalue weighted by Gasteiger charge is 2.68. The van der Waals surface area contributed by atoms with Crippen LogP contribution in [0.2, 0.25) is 0 Å². The number of benzene rings is 1. The number of rotatable bonds is 4. The maximum atomic E-state index is 14.3. The number of carbonyl (C=O) groups is 1. The lowest BCUT2D eigenvalue weighted by molar-refractivity contribution is -0.0906. The molecule has 178 valence electrons. The molecule has 2 heterocycles. The molecule has 1 aromatic carbocycles. The van der Waals surface area contributed by atoms with E-state index >= 15 is 0 Å². The molecule has 1 aromatic heterocycles. The Balaban J connectivity index is 1.47. The van der Waals surface area contributed by atoms with Crippen LogP contribution in [0.4, 0.5) is 8.78 Å². The lowest BCUT2D eigenvalue weighted by Crippen LogP contribution is -2.57. The lowest BCUT2D eigenvalue weighted by Gasteiger charge is -2.47. The predicted octanol–water partition coefficient (Wildman–Crippen LogP) is 4.24. The quantitative estimate of drug-likeness (QED) is 0.655. The third-order valence-corrected chi connectivity index (χ3v) is 8.04. The van der Waals surface area contributed by atoms with Crippen LogP contribution in [0.15, 0.2) is 46.9 Å². The summed E-state index contributed by atoms with van der Waals surface area (Å²) in [5.41, 5.74) is -0.818. The summed E-state index contributed by atoms with van der Waals surface area (Å²) in [6.07, 6.45) is 5.09. The first-order chi connectivity index (χ1) is 16.2. The van der Waals surface area contributed by atoms with Gasteiger partial charge in [-0.25, -0.2) is 13.8 Å². The SMILES string of the molecule is CC1(C)[C@H]2CC[C@]1([C@H]1CN(C(=O)c3cnco3)CCO1)C(=N)/C2=C\C(=N)c1c(F)cccc1F. The molecule has 9 heteroatoms. The van der Waals surface area contributed by atoms with Gasteiger partial charge in [0.15, 0.2) is 6.39 Å². The fourth-order valence-electron chi connectivity index (χ4n) is 6.29. The van der Waals surface area contributed by atoms with Crippen molar-refractivity contribution in [1.82, 2.24) is 9.88 Å². The molecule has 0 unspecified atom stereocenters. The molecule has 5 rings (SSSR count). The Hall–Kier alpha value is -3.20. The van der Waals surface area contributed by atoms with Crippen molar-refractivity contribution in [2.45, 2.75) is 32.8 Å².